The van der Waals surface area contributed by atoms with Crippen LogP contribution in [0.1, 0.15) is 21.5 Å². The zero-order valence-corrected chi connectivity index (χ0v) is 15.1. The van der Waals surface area contributed by atoms with Crippen molar-refractivity contribution >= 4 is 43.5 Å². The quantitative estimate of drug-likeness (QED) is 0.762. The second-order valence-corrected chi connectivity index (χ2v) is 6.44. The first-order valence-electron chi connectivity index (χ1n) is 6.34. The molecule has 0 saturated heterocycles. The van der Waals surface area contributed by atoms with E-state index in [2.05, 4.69) is 37.2 Å². The topological polar surface area (TPSA) is 38.3 Å². The molecule has 5 heteroatoms. The number of ether oxygens (including phenoxy) is 1. The lowest BCUT2D eigenvalue weighted by Crippen LogP contribution is -2.14. The van der Waals surface area contributed by atoms with Gasteiger partial charge in [-0.15, -0.1) is 0 Å². The van der Waals surface area contributed by atoms with Crippen LogP contribution >= 0.6 is 31.9 Å². The van der Waals surface area contributed by atoms with Crippen LogP contribution in [0.25, 0.3) is 0 Å². The SMILES string of the molecule is COc1c(Br)cc(Br)cc1C(=O)Nc1cccc(C)c1C. The normalized spacial score (nSPS) is 10.3. The highest BCUT2D eigenvalue weighted by molar-refractivity contribution is 9.11. The summed E-state index contributed by atoms with van der Waals surface area (Å²) in [6, 6.07) is 9.41. The first-order chi connectivity index (χ1) is 9.93. The number of nitrogens with one attached hydrogen (secondary N) is 1. The molecule has 0 aromatic heterocycles. The third-order valence-electron chi connectivity index (χ3n) is 3.31. The minimum absolute atomic E-state index is 0.206. The number of hydrogen-bond acceptors (Lipinski definition) is 2. The van der Waals surface area contributed by atoms with Crippen molar-refractivity contribution < 1.29 is 9.53 Å². The van der Waals surface area contributed by atoms with E-state index < -0.39 is 0 Å². The molecule has 2 rings (SSSR count). The predicted octanol–water partition coefficient (Wildman–Crippen LogP) is 5.09. The van der Waals surface area contributed by atoms with E-state index in [9.17, 15) is 4.79 Å². The Bertz CT molecular complexity index is 699. The Balaban J connectivity index is 2.39. The fourth-order valence-corrected chi connectivity index (χ4v) is 3.40. The predicted molar refractivity (Wildman–Crippen MR) is 92.3 cm³/mol. The van der Waals surface area contributed by atoms with E-state index in [0.29, 0.717) is 11.3 Å². The van der Waals surface area contributed by atoms with Crippen molar-refractivity contribution in [2.75, 3.05) is 12.4 Å². The Morgan fingerprint density at radius 1 is 1.19 bits per heavy atom. The zero-order valence-electron chi connectivity index (χ0n) is 12.0. The number of hydrogen-bond donors (Lipinski definition) is 1. The fourth-order valence-electron chi connectivity index (χ4n) is 2.01. The molecule has 0 radical (unpaired) electrons. The van der Waals surface area contributed by atoms with Crippen molar-refractivity contribution in [3.05, 3.63) is 56.0 Å². The minimum atomic E-state index is -0.206. The molecule has 1 amide bonds. The van der Waals surface area contributed by atoms with E-state index in [1.54, 1.807) is 13.2 Å². The van der Waals surface area contributed by atoms with Crippen LogP contribution in [0.15, 0.2) is 39.3 Å². The van der Waals surface area contributed by atoms with Gasteiger partial charge in [0, 0.05) is 10.2 Å². The summed E-state index contributed by atoms with van der Waals surface area (Å²) < 4.78 is 6.85. The molecule has 0 aliphatic heterocycles. The summed E-state index contributed by atoms with van der Waals surface area (Å²) in [7, 11) is 1.54. The maximum absolute atomic E-state index is 12.5. The van der Waals surface area contributed by atoms with E-state index in [4.69, 9.17) is 4.74 Å². The van der Waals surface area contributed by atoms with Gasteiger partial charge < -0.3 is 10.1 Å². The van der Waals surface area contributed by atoms with Gasteiger partial charge in [0.25, 0.3) is 5.91 Å². The van der Waals surface area contributed by atoms with Crippen LogP contribution in [-0.2, 0) is 0 Å². The summed E-state index contributed by atoms with van der Waals surface area (Å²) >= 11 is 6.79. The van der Waals surface area contributed by atoms with Crippen molar-refractivity contribution in [1.29, 1.82) is 0 Å². The Morgan fingerprint density at radius 2 is 1.90 bits per heavy atom. The summed E-state index contributed by atoms with van der Waals surface area (Å²) in [4.78, 5) is 12.5. The maximum Gasteiger partial charge on any atom is 0.259 e. The highest BCUT2D eigenvalue weighted by Gasteiger charge is 2.17. The smallest absolute Gasteiger partial charge is 0.259 e. The van der Waals surface area contributed by atoms with Crippen molar-refractivity contribution in [2.45, 2.75) is 13.8 Å². The van der Waals surface area contributed by atoms with Crippen LogP contribution in [0.3, 0.4) is 0 Å². The van der Waals surface area contributed by atoms with E-state index in [0.717, 1.165) is 25.8 Å². The van der Waals surface area contributed by atoms with Gasteiger partial charge >= 0.3 is 0 Å². The average molecular weight is 413 g/mol. The average Bonchev–Trinajstić information content (AvgIpc) is 2.43. The molecule has 0 heterocycles. The fraction of sp³-hybridized carbons (Fsp3) is 0.188. The van der Waals surface area contributed by atoms with Gasteiger partial charge in [-0.05, 0) is 59.1 Å². The van der Waals surface area contributed by atoms with E-state index in [1.807, 2.05) is 38.1 Å². The summed E-state index contributed by atoms with van der Waals surface area (Å²) in [5.74, 6) is 0.309. The monoisotopic (exact) mass is 411 g/mol. The number of carbonyl (C=O) groups excluding carboxylic acids is 1. The van der Waals surface area contributed by atoms with Crippen LogP contribution < -0.4 is 10.1 Å². The summed E-state index contributed by atoms with van der Waals surface area (Å²) in [6.07, 6.45) is 0. The van der Waals surface area contributed by atoms with Gasteiger partial charge in [-0.3, -0.25) is 4.79 Å². The molecule has 0 unspecified atom stereocenters. The summed E-state index contributed by atoms with van der Waals surface area (Å²) in [5, 5.41) is 2.94. The second-order valence-electron chi connectivity index (χ2n) is 4.67. The minimum Gasteiger partial charge on any atom is -0.495 e. The molecule has 3 nitrogen and oxygen atoms in total. The van der Waals surface area contributed by atoms with Gasteiger partial charge in [-0.2, -0.15) is 0 Å². The van der Waals surface area contributed by atoms with Gasteiger partial charge in [0.15, 0.2) is 0 Å². The summed E-state index contributed by atoms with van der Waals surface area (Å²) in [6.45, 7) is 4.00. The molecule has 0 bridgehead atoms. The highest BCUT2D eigenvalue weighted by Crippen LogP contribution is 2.33. The molecule has 1 N–H and O–H groups in total. The molecule has 0 fully saturated rings. The van der Waals surface area contributed by atoms with Gasteiger partial charge in [-0.25, -0.2) is 0 Å². The van der Waals surface area contributed by atoms with Crippen molar-refractivity contribution in [3.63, 3.8) is 0 Å². The molecule has 0 saturated carbocycles. The van der Waals surface area contributed by atoms with Crippen LogP contribution in [0.5, 0.6) is 5.75 Å². The molecule has 0 atom stereocenters. The number of benzene rings is 2. The van der Waals surface area contributed by atoms with E-state index in [-0.39, 0.29) is 5.91 Å². The highest BCUT2D eigenvalue weighted by atomic mass is 79.9. The van der Waals surface area contributed by atoms with Gasteiger partial charge in [0.05, 0.1) is 17.1 Å². The van der Waals surface area contributed by atoms with Crippen LogP contribution in [-0.4, -0.2) is 13.0 Å². The number of anilines is 1. The Hall–Kier alpha value is -1.33. The van der Waals surface area contributed by atoms with E-state index >= 15 is 0 Å². The van der Waals surface area contributed by atoms with Gasteiger partial charge in [0.2, 0.25) is 0 Å². The molecule has 2 aromatic carbocycles. The number of carbonyl (C=O) groups is 1. The van der Waals surface area contributed by atoms with Crippen molar-refractivity contribution in [2.24, 2.45) is 0 Å². The first-order valence-corrected chi connectivity index (χ1v) is 7.93. The molecule has 0 aliphatic carbocycles. The molecular weight excluding hydrogens is 398 g/mol. The number of aryl methyl sites for hydroxylation is 1. The maximum atomic E-state index is 12.5. The lowest BCUT2D eigenvalue weighted by atomic mass is 10.1. The number of methoxy groups -OCH3 is 1. The molecule has 0 spiro atoms. The van der Waals surface area contributed by atoms with Gasteiger partial charge in [0.1, 0.15) is 5.75 Å². The van der Waals surface area contributed by atoms with Crippen molar-refractivity contribution in [3.8, 4) is 5.75 Å². The number of rotatable bonds is 3. The molecule has 110 valence electrons. The van der Waals surface area contributed by atoms with Crippen LogP contribution in [0, 0.1) is 13.8 Å². The third-order valence-corrected chi connectivity index (χ3v) is 4.36. The lowest BCUT2D eigenvalue weighted by Gasteiger charge is -2.13. The molecule has 0 aliphatic rings. The van der Waals surface area contributed by atoms with Gasteiger partial charge in [-0.1, -0.05) is 28.1 Å². The molecular formula is C16H15Br2NO2. The number of halogens is 2. The van der Waals surface area contributed by atoms with Crippen LogP contribution in [0.4, 0.5) is 5.69 Å². The Labute approximate surface area is 141 Å². The van der Waals surface area contributed by atoms with Crippen LogP contribution in [0.2, 0.25) is 0 Å². The Morgan fingerprint density at radius 3 is 2.57 bits per heavy atom. The third kappa shape index (κ3) is 3.47. The largest absolute Gasteiger partial charge is 0.495 e. The molecule has 21 heavy (non-hydrogen) atoms. The summed E-state index contributed by atoms with van der Waals surface area (Å²) in [5.41, 5.74) is 3.46. The standard InChI is InChI=1S/C16H15Br2NO2/c1-9-5-4-6-14(10(9)2)19-16(20)12-7-11(17)8-13(18)15(12)21-3/h4-8H,1-3H3,(H,19,20). The molecule has 2 aromatic rings. The first kappa shape index (κ1) is 16.0. The van der Waals surface area contributed by atoms with E-state index in [1.165, 1.54) is 0 Å². The number of amides is 1. The van der Waals surface area contributed by atoms with Crippen molar-refractivity contribution in [1.82, 2.24) is 0 Å². The lowest BCUT2D eigenvalue weighted by molar-refractivity contribution is 0.102. The zero-order chi connectivity index (χ0) is 15.6. The second kappa shape index (κ2) is 6.62. The Kier molecular flexibility index (Phi) is 5.06.